The molecule has 11 heteroatoms. The predicted octanol–water partition coefficient (Wildman–Crippen LogP) is 3.52. The Hall–Kier alpha value is -3.47. The fourth-order valence-electron chi connectivity index (χ4n) is 3.75. The molecule has 0 atom stereocenters. The topological polar surface area (TPSA) is 117 Å². The molecule has 1 saturated heterocycles. The smallest absolute Gasteiger partial charge is 0.410 e. The van der Waals surface area contributed by atoms with E-state index in [1.807, 2.05) is 52.1 Å². The second kappa shape index (κ2) is 8.95. The van der Waals surface area contributed by atoms with Crippen LogP contribution in [0.1, 0.15) is 32.4 Å². The second-order valence-corrected chi connectivity index (χ2v) is 11.6. The molecule has 35 heavy (non-hydrogen) atoms. The van der Waals surface area contributed by atoms with Crippen LogP contribution in [-0.4, -0.2) is 71.2 Å². The van der Waals surface area contributed by atoms with E-state index in [0.717, 1.165) is 17.4 Å². The number of sulfone groups is 1. The minimum Gasteiger partial charge on any atom is -0.497 e. The number of ether oxygens (including phenoxy) is 2. The van der Waals surface area contributed by atoms with Gasteiger partial charge in [0.25, 0.3) is 0 Å². The van der Waals surface area contributed by atoms with Crippen LogP contribution in [0.25, 0.3) is 22.5 Å². The number of hydrogen-bond donors (Lipinski definition) is 0. The van der Waals surface area contributed by atoms with Crippen molar-refractivity contribution in [1.82, 2.24) is 24.6 Å². The summed E-state index contributed by atoms with van der Waals surface area (Å²) < 4.78 is 36.8. The Balaban J connectivity index is 1.73. The molecule has 0 radical (unpaired) electrons. The number of carbonyl (C=O) groups is 1. The van der Waals surface area contributed by atoms with E-state index in [2.05, 4.69) is 9.97 Å². The molecule has 1 fully saturated rings. The lowest BCUT2D eigenvalue weighted by atomic mass is 10.0. The Labute approximate surface area is 204 Å². The maximum Gasteiger partial charge on any atom is 0.410 e. The van der Waals surface area contributed by atoms with Crippen molar-refractivity contribution >= 4 is 15.9 Å². The summed E-state index contributed by atoms with van der Waals surface area (Å²) >= 11 is 0. The Morgan fingerprint density at radius 3 is 2.51 bits per heavy atom. The molecule has 3 aromatic rings. The lowest BCUT2D eigenvalue weighted by molar-refractivity contribution is -0.000354. The number of benzene rings is 1. The Morgan fingerprint density at radius 2 is 1.89 bits per heavy atom. The standard InChI is InChI=1S/C24H29N5O5S/c1-15-9-16(11-18(10-15)33-5)21-19(20-7-8-25-22(26-20)35(6,31)32)14-29(27-21)17-12-28(13-17)23(30)34-24(2,3)4/h7-11,14,17H,12-13H2,1-6H3. The van der Waals surface area contributed by atoms with Crippen LogP contribution >= 0.6 is 0 Å². The highest BCUT2D eigenvalue weighted by Crippen LogP contribution is 2.35. The van der Waals surface area contributed by atoms with Gasteiger partial charge in [-0.05, 0) is 57.5 Å². The molecule has 186 valence electrons. The van der Waals surface area contributed by atoms with E-state index >= 15 is 0 Å². The Morgan fingerprint density at radius 1 is 1.17 bits per heavy atom. The molecule has 4 rings (SSSR count). The molecular weight excluding hydrogens is 470 g/mol. The first-order chi connectivity index (χ1) is 16.3. The number of methoxy groups -OCH3 is 1. The van der Waals surface area contributed by atoms with Crippen molar-refractivity contribution in [2.75, 3.05) is 26.5 Å². The molecule has 1 amide bonds. The van der Waals surface area contributed by atoms with Crippen molar-refractivity contribution in [3.63, 3.8) is 0 Å². The fourth-order valence-corrected chi connectivity index (χ4v) is 4.27. The van der Waals surface area contributed by atoms with Gasteiger partial charge in [-0.25, -0.2) is 23.2 Å². The summed E-state index contributed by atoms with van der Waals surface area (Å²) in [5.41, 5.74) is 2.94. The molecule has 1 aliphatic heterocycles. The van der Waals surface area contributed by atoms with Gasteiger partial charge in [0.05, 0.1) is 18.8 Å². The van der Waals surface area contributed by atoms with Crippen LogP contribution < -0.4 is 4.74 Å². The number of likely N-dealkylation sites (tertiary alicyclic amines) is 1. The van der Waals surface area contributed by atoms with Crippen molar-refractivity contribution < 1.29 is 22.7 Å². The van der Waals surface area contributed by atoms with E-state index in [9.17, 15) is 13.2 Å². The summed E-state index contributed by atoms with van der Waals surface area (Å²) in [5, 5.41) is 4.57. The molecule has 0 unspecified atom stereocenters. The lowest BCUT2D eigenvalue weighted by Gasteiger charge is -2.39. The second-order valence-electron chi connectivity index (χ2n) is 9.65. The minimum absolute atomic E-state index is 0.0575. The molecule has 0 N–H and O–H groups in total. The third kappa shape index (κ3) is 5.45. The molecule has 10 nitrogen and oxygen atoms in total. The molecule has 2 aromatic heterocycles. The van der Waals surface area contributed by atoms with Crippen LogP contribution in [0.15, 0.2) is 41.8 Å². The van der Waals surface area contributed by atoms with Crippen molar-refractivity contribution in [2.24, 2.45) is 0 Å². The van der Waals surface area contributed by atoms with Crippen LogP contribution in [0.3, 0.4) is 0 Å². The van der Waals surface area contributed by atoms with Crippen molar-refractivity contribution in [3.8, 4) is 28.3 Å². The van der Waals surface area contributed by atoms with Gasteiger partial charge in [0.2, 0.25) is 15.0 Å². The SMILES string of the molecule is COc1cc(C)cc(-c2nn(C3CN(C(=O)OC(C)(C)C)C3)cc2-c2ccnc(S(C)(=O)=O)n2)c1. The molecule has 0 spiro atoms. The zero-order valence-electron chi connectivity index (χ0n) is 20.6. The van der Waals surface area contributed by atoms with Crippen LogP contribution in [0.5, 0.6) is 5.75 Å². The van der Waals surface area contributed by atoms with E-state index in [4.69, 9.17) is 14.6 Å². The van der Waals surface area contributed by atoms with Gasteiger partial charge in [0.1, 0.15) is 17.0 Å². The highest BCUT2D eigenvalue weighted by Gasteiger charge is 2.36. The van der Waals surface area contributed by atoms with Crippen molar-refractivity contribution in [1.29, 1.82) is 0 Å². The van der Waals surface area contributed by atoms with Gasteiger partial charge in [-0.15, -0.1) is 0 Å². The molecule has 0 saturated carbocycles. The quantitative estimate of drug-likeness (QED) is 0.490. The first-order valence-electron chi connectivity index (χ1n) is 11.1. The minimum atomic E-state index is -3.59. The summed E-state index contributed by atoms with van der Waals surface area (Å²) in [7, 11) is -1.99. The summed E-state index contributed by atoms with van der Waals surface area (Å²) in [6.07, 6.45) is 3.96. The van der Waals surface area contributed by atoms with E-state index in [0.29, 0.717) is 35.8 Å². The van der Waals surface area contributed by atoms with Crippen molar-refractivity contribution in [2.45, 2.75) is 44.5 Å². The highest BCUT2D eigenvalue weighted by molar-refractivity contribution is 7.90. The fraction of sp³-hybridized carbons (Fsp3) is 0.417. The lowest BCUT2D eigenvalue weighted by Crippen LogP contribution is -2.52. The van der Waals surface area contributed by atoms with Crippen LogP contribution in [-0.2, 0) is 14.6 Å². The van der Waals surface area contributed by atoms with Crippen molar-refractivity contribution in [3.05, 3.63) is 42.2 Å². The largest absolute Gasteiger partial charge is 0.497 e. The van der Waals surface area contributed by atoms with Gasteiger partial charge in [-0.1, -0.05) is 0 Å². The zero-order valence-corrected chi connectivity index (χ0v) is 21.5. The normalized spacial score (nSPS) is 14.5. The monoisotopic (exact) mass is 499 g/mol. The van der Waals surface area contributed by atoms with Crippen LogP contribution in [0.4, 0.5) is 4.79 Å². The highest BCUT2D eigenvalue weighted by atomic mass is 32.2. The van der Waals surface area contributed by atoms with Gasteiger partial charge in [-0.3, -0.25) is 4.68 Å². The van der Waals surface area contributed by atoms with Gasteiger partial charge < -0.3 is 14.4 Å². The number of rotatable bonds is 5. The molecule has 1 aromatic carbocycles. The predicted molar refractivity (Wildman–Crippen MR) is 130 cm³/mol. The summed E-state index contributed by atoms with van der Waals surface area (Å²) in [6, 6.07) is 7.36. The number of nitrogens with zero attached hydrogens (tertiary/aromatic N) is 5. The molecule has 0 aliphatic carbocycles. The van der Waals surface area contributed by atoms with Gasteiger partial charge in [-0.2, -0.15) is 5.10 Å². The third-order valence-corrected chi connectivity index (χ3v) is 6.28. The maximum atomic E-state index is 12.4. The number of amides is 1. The average Bonchev–Trinajstić information content (AvgIpc) is 3.15. The van der Waals surface area contributed by atoms with Crippen LogP contribution in [0, 0.1) is 6.92 Å². The van der Waals surface area contributed by atoms with Gasteiger partial charge in [0, 0.05) is 42.9 Å². The molecular formula is C24H29N5O5S. The number of aromatic nitrogens is 4. The Kier molecular flexibility index (Phi) is 6.31. The summed E-state index contributed by atoms with van der Waals surface area (Å²) in [6.45, 7) is 8.35. The molecule has 1 aliphatic rings. The van der Waals surface area contributed by atoms with E-state index < -0.39 is 15.4 Å². The van der Waals surface area contributed by atoms with E-state index in [1.54, 1.807) is 22.8 Å². The molecule has 0 bridgehead atoms. The van der Waals surface area contributed by atoms with Crippen LogP contribution in [0.2, 0.25) is 0 Å². The summed E-state index contributed by atoms with van der Waals surface area (Å²) in [5.74, 6) is 0.680. The van der Waals surface area contributed by atoms with E-state index in [-0.39, 0.29) is 17.3 Å². The first-order valence-corrected chi connectivity index (χ1v) is 13.0. The number of carbonyl (C=O) groups excluding carboxylic acids is 1. The third-order valence-electron chi connectivity index (χ3n) is 5.42. The van der Waals surface area contributed by atoms with Gasteiger partial charge >= 0.3 is 6.09 Å². The van der Waals surface area contributed by atoms with E-state index in [1.165, 1.54) is 6.20 Å². The maximum absolute atomic E-state index is 12.4. The average molecular weight is 500 g/mol. The zero-order chi connectivity index (χ0) is 25.5. The Bertz CT molecular complexity index is 1370. The summed E-state index contributed by atoms with van der Waals surface area (Å²) in [4.78, 5) is 22.2. The molecule has 3 heterocycles. The number of aryl methyl sites for hydroxylation is 1. The number of hydrogen-bond acceptors (Lipinski definition) is 8. The van der Waals surface area contributed by atoms with Gasteiger partial charge in [0.15, 0.2) is 0 Å². The first kappa shape index (κ1) is 24.6.